The Bertz CT molecular complexity index is 3850. The largest absolute Gasteiger partial charge is 0.456 e. The minimum Gasteiger partial charge on any atom is -0.456 e. The van der Waals surface area contributed by atoms with E-state index in [1.165, 1.54) is 84.0 Å². The number of rotatable bonds is 14. The number of fused-ring (bicyclic) bond motifs is 6. The lowest BCUT2D eigenvalue weighted by Gasteiger charge is -2.11. The summed E-state index contributed by atoms with van der Waals surface area (Å²) >= 11 is 0. The van der Waals surface area contributed by atoms with Crippen LogP contribution in [0.25, 0.3) is 88.4 Å². The van der Waals surface area contributed by atoms with Crippen molar-refractivity contribution in [2.75, 3.05) is 0 Å². The molecule has 2 heteroatoms. The van der Waals surface area contributed by atoms with Gasteiger partial charge in [-0.3, -0.25) is 0 Å². The summed E-state index contributed by atoms with van der Waals surface area (Å²) in [7, 11) is 0. The molecule has 2 aromatic heterocycles. The molecule has 2 nitrogen and oxygen atoms in total. The molecule has 0 aliphatic heterocycles. The maximum absolute atomic E-state index is 5.89. The lowest BCUT2D eigenvalue weighted by atomic mass is 9.94. The number of hydrogen-bond acceptors (Lipinski definition) is 2. The maximum atomic E-state index is 5.89. The molecule has 0 radical (unpaired) electrons. The summed E-state index contributed by atoms with van der Waals surface area (Å²) < 4.78 is 11.7. The van der Waals surface area contributed by atoms with Crippen LogP contribution < -0.4 is 0 Å². The van der Waals surface area contributed by atoms with Crippen LogP contribution in [0.1, 0.15) is 93.7 Å². The van der Waals surface area contributed by atoms with Crippen molar-refractivity contribution >= 4 is 66.2 Å². The van der Waals surface area contributed by atoms with Crippen LogP contribution in [0.5, 0.6) is 0 Å². The quantitative estimate of drug-likeness (QED) is 0.101. The van der Waals surface area contributed by atoms with E-state index in [0.29, 0.717) is 0 Å². The second-order valence-electron chi connectivity index (χ2n) is 19.9. The molecule has 0 saturated heterocycles. The summed E-state index contributed by atoms with van der Waals surface area (Å²) in [6, 6.07) is 76.6. The lowest BCUT2D eigenvalue weighted by molar-refractivity contribution is 0.668. The molecule has 79 heavy (non-hydrogen) atoms. The van der Waals surface area contributed by atoms with Gasteiger partial charge in [0.05, 0.1) is 0 Å². The Labute approximate surface area is 469 Å². The minimum atomic E-state index is 0.924. The molecule has 9 aromatic carbocycles. The van der Waals surface area contributed by atoms with Crippen molar-refractivity contribution in [1.29, 1.82) is 0 Å². The highest BCUT2D eigenvalue weighted by Gasteiger charge is 2.11. The molecule has 0 aliphatic carbocycles. The lowest BCUT2D eigenvalue weighted by Crippen LogP contribution is -1.89. The molecule has 0 spiro atoms. The first kappa shape index (κ1) is 56.2. The second-order valence-corrected chi connectivity index (χ2v) is 19.9. The summed E-state index contributed by atoms with van der Waals surface area (Å²) in [5.41, 5.74) is 21.5. The molecule has 0 N–H and O–H groups in total. The Kier molecular flexibility index (Phi) is 20.2. The molecule has 0 aliphatic rings. The molecule has 11 rings (SSSR count). The third-order valence-electron chi connectivity index (χ3n) is 13.8. The Balaban J connectivity index is 0.000000146. The van der Waals surface area contributed by atoms with E-state index in [9.17, 15) is 0 Å². The fraction of sp³-hybridized carbons (Fsp3) is 0.143. The summed E-state index contributed by atoms with van der Waals surface area (Å²) in [6.45, 7) is 20.4. The van der Waals surface area contributed by atoms with Gasteiger partial charge < -0.3 is 8.83 Å². The topological polar surface area (TPSA) is 26.3 Å². The molecule has 394 valence electrons. The van der Waals surface area contributed by atoms with Gasteiger partial charge in [-0.1, -0.05) is 276 Å². The Morgan fingerprint density at radius 2 is 0.962 bits per heavy atom. The van der Waals surface area contributed by atoms with Gasteiger partial charge in [0.1, 0.15) is 22.3 Å². The average molecular weight is 1030 g/mol. The molecular formula is C77H74O2. The maximum Gasteiger partial charge on any atom is 0.135 e. The first-order chi connectivity index (χ1) is 38.7. The number of furan rings is 2. The van der Waals surface area contributed by atoms with E-state index in [0.717, 1.165) is 69.9 Å². The van der Waals surface area contributed by atoms with Crippen LogP contribution in [0.3, 0.4) is 0 Å². The molecule has 0 unspecified atom stereocenters. The van der Waals surface area contributed by atoms with Crippen LogP contribution in [0.2, 0.25) is 0 Å². The first-order valence-electron chi connectivity index (χ1n) is 27.9. The summed E-state index contributed by atoms with van der Waals surface area (Å²) in [6.07, 6.45) is 18.2. The van der Waals surface area contributed by atoms with Gasteiger partial charge in [-0.05, 0) is 143 Å². The van der Waals surface area contributed by atoms with Gasteiger partial charge >= 0.3 is 0 Å². The number of benzene rings is 9. The molecule has 2 heterocycles. The highest BCUT2D eigenvalue weighted by atomic mass is 16.3. The van der Waals surface area contributed by atoms with Crippen molar-refractivity contribution in [3.05, 3.63) is 301 Å². The van der Waals surface area contributed by atoms with Gasteiger partial charge in [-0.2, -0.15) is 0 Å². The molecule has 0 atom stereocenters. The smallest absolute Gasteiger partial charge is 0.135 e. The third kappa shape index (κ3) is 14.9. The fourth-order valence-electron chi connectivity index (χ4n) is 9.73. The zero-order chi connectivity index (χ0) is 55.3. The number of aryl methyl sites for hydroxylation is 2. The molecule has 0 fully saturated rings. The van der Waals surface area contributed by atoms with Crippen LogP contribution in [0.4, 0.5) is 0 Å². The summed E-state index contributed by atoms with van der Waals surface area (Å²) in [4.78, 5) is 0. The molecule has 0 bridgehead atoms. The second kappa shape index (κ2) is 28.4. The monoisotopic (exact) mass is 1030 g/mol. The number of para-hydroxylation sites is 2. The standard InChI is InChI=1S/C28H30.C21H18O.C19H16O.C9H10/c1-4-9-27(23-11-7-6-8-12-23)21-28(10-5-2)26-19-17-25(18-20-26)24-15-13-22(3)14-16-24;1-2-5-15-8-10-16(11-9-15)17-12-13-21-19(14-17)18-6-3-4-7-20(18)22-21;1-3-7-14(8-4-2)15-11-12-19-17(13-15)16-9-5-6-10-18(16)20-19;1-8(2)9-6-4-3-5-7-9/h6-9,11-21H,4-5,10H2,1-3H3;3-4,6-14H,2,5H2,1H3;3-13H,1H2,2H3;3-7H,1H2,2H3/b27-9-,28-21+;;8-4-,14-7+;. The fourth-order valence-corrected chi connectivity index (χ4v) is 9.73. The number of allylic oxidation sites excluding steroid dienone is 10. The van der Waals surface area contributed by atoms with Crippen LogP contribution in [0, 0.1) is 6.92 Å². The molecular weight excluding hydrogens is 957 g/mol. The van der Waals surface area contributed by atoms with Crippen molar-refractivity contribution in [2.45, 2.75) is 73.6 Å². The Morgan fingerprint density at radius 3 is 1.51 bits per heavy atom. The predicted octanol–water partition coefficient (Wildman–Crippen LogP) is 23.0. The Morgan fingerprint density at radius 1 is 0.468 bits per heavy atom. The summed E-state index contributed by atoms with van der Waals surface area (Å²) in [5, 5.41) is 4.67. The Hall–Kier alpha value is -8.98. The highest BCUT2D eigenvalue weighted by molar-refractivity contribution is 6.07. The van der Waals surface area contributed by atoms with Crippen LogP contribution >= 0.6 is 0 Å². The number of hydrogen-bond donors (Lipinski definition) is 0. The van der Waals surface area contributed by atoms with Gasteiger partial charge in [-0.25, -0.2) is 0 Å². The van der Waals surface area contributed by atoms with E-state index < -0.39 is 0 Å². The van der Waals surface area contributed by atoms with Crippen LogP contribution in [0.15, 0.2) is 277 Å². The van der Waals surface area contributed by atoms with E-state index >= 15 is 0 Å². The van der Waals surface area contributed by atoms with E-state index in [1.807, 2.05) is 86.7 Å². The van der Waals surface area contributed by atoms with Gasteiger partial charge in [0.2, 0.25) is 0 Å². The van der Waals surface area contributed by atoms with Crippen LogP contribution in [-0.4, -0.2) is 0 Å². The van der Waals surface area contributed by atoms with Gasteiger partial charge in [0.25, 0.3) is 0 Å². The van der Waals surface area contributed by atoms with E-state index in [4.69, 9.17) is 8.83 Å². The van der Waals surface area contributed by atoms with Crippen LogP contribution in [-0.2, 0) is 6.42 Å². The summed E-state index contributed by atoms with van der Waals surface area (Å²) in [5.74, 6) is 0. The van der Waals surface area contributed by atoms with Crippen molar-refractivity contribution in [1.82, 2.24) is 0 Å². The van der Waals surface area contributed by atoms with Crippen molar-refractivity contribution in [3.8, 4) is 22.3 Å². The first-order valence-corrected chi connectivity index (χ1v) is 27.9. The van der Waals surface area contributed by atoms with E-state index in [1.54, 1.807) is 0 Å². The van der Waals surface area contributed by atoms with Gasteiger partial charge in [0.15, 0.2) is 0 Å². The highest BCUT2D eigenvalue weighted by Crippen LogP contribution is 2.34. The zero-order valence-corrected chi connectivity index (χ0v) is 47.0. The molecule has 11 aromatic rings. The van der Waals surface area contributed by atoms with E-state index in [-0.39, 0.29) is 0 Å². The zero-order valence-electron chi connectivity index (χ0n) is 47.0. The SMILES string of the molecule is C=C(C)c1ccccc1.C=C/C=C(\C=C/C)c1ccc2oc3ccccc3c2c1.CC/C=C(/C=C(\CCC)c1ccc(-c2ccc(C)cc2)cc1)c1ccccc1.CCCc1ccc(-c2ccc3oc4ccccc4c3c2)cc1. The molecule has 0 saturated carbocycles. The molecule has 0 amide bonds. The van der Waals surface area contributed by atoms with E-state index in [2.05, 4.69) is 223 Å². The van der Waals surface area contributed by atoms with Crippen molar-refractivity contribution < 1.29 is 8.83 Å². The van der Waals surface area contributed by atoms with Gasteiger partial charge in [0, 0.05) is 21.5 Å². The van der Waals surface area contributed by atoms with Crippen molar-refractivity contribution in [3.63, 3.8) is 0 Å². The minimum absolute atomic E-state index is 0.924. The normalized spacial score (nSPS) is 11.7. The van der Waals surface area contributed by atoms with Gasteiger partial charge in [-0.15, -0.1) is 0 Å². The third-order valence-corrected chi connectivity index (χ3v) is 13.8. The predicted molar refractivity (Wildman–Crippen MR) is 345 cm³/mol. The average Bonchev–Trinajstić information content (AvgIpc) is 4.23. The van der Waals surface area contributed by atoms with Crippen molar-refractivity contribution in [2.24, 2.45) is 0 Å².